The Morgan fingerprint density at radius 3 is 2.61 bits per heavy atom. The Balaban J connectivity index is 1.36. The third-order valence-electron chi connectivity index (χ3n) is 3.88. The first-order chi connectivity index (χ1) is 11.4. The van der Waals surface area contributed by atoms with Crippen LogP contribution in [0.4, 0.5) is 5.82 Å². The molecule has 0 spiro atoms. The average molecular weight is 328 g/mol. The molecule has 1 aliphatic heterocycles. The van der Waals surface area contributed by atoms with Crippen molar-refractivity contribution in [1.29, 1.82) is 0 Å². The van der Waals surface area contributed by atoms with Crippen LogP contribution in [0.3, 0.4) is 0 Å². The summed E-state index contributed by atoms with van der Waals surface area (Å²) in [6.07, 6.45) is 1.37. The molecule has 118 valence electrons. The van der Waals surface area contributed by atoms with Crippen LogP contribution in [-0.4, -0.2) is 51.5 Å². The van der Waals surface area contributed by atoms with E-state index in [4.69, 9.17) is 4.42 Å². The van der Waals surface area contributed by atoms with Crippen molar-refractivity contribution in [3.63, 3.8) is 0 Å². The molecule has 0 aromatic carbocycles. The molecule has 3 aromatic rings. The SMILES string of the molecule is c1csc(-c2ccc(N3CCN(Cc4nnco4)CC3)nn2)c1. The third-order valence-corrected chi connectivity index (χ3v) is 4.78. The molecule has 0 aliphatic carbocycles. The Bertz CT molecular complexity index is 720. The lowest BCUT2D eigenvalue weighted by atomic mass is 10.3. The molecule has 0 N–H and O–H groups in total. The second-order valence-corrected chi connectivity index (χ2v) is 6.30. The molecule has 0 radical (unpaired) electrons. The largest absolute Gasteiger partial charge is 0.427 e. The molecule has 0 amide bonds. The lowest BCUT2D eigenvalue weighted by molar-refractivity contribution is 0.225. The third kappa shape index (κ3) is 3.22. The van der Waals surface area contributed by atoms with Crippen molar-refractivity contribution in [3.05, 3.63) is 41.9 Å². The van der Waals surface area contributed by atoms with Crippen molar-refractivity contribution in [2.75, 3.05) is 31.1 Å². The van der Waals surface area contributed by atoms with E-state index in [1.807, 2.05) is 17.5 Å². The van der Waals surface area contributed by atoms with Gasteiger partial charge in [-0.1, -0.05) is 6.07 Å². The minimum absolute atomic E-state index is 0.665. The molecule has 1 aliphatic rings. The number of nitrogens with zero attached hydrogens (tertiary/aromatic N) is 6. The van der Waals surface area contributed by atoms with Gasteiger partial charge in [-0.2, -0.15) is 0 Å². The highest BCUT2D eigenvalue weighted by molar-refractivity contribution is 7.13. The van der Waals surface area contributed by atoms with Crippen LogP contribution in [0, 0.1) is 0 Å². The minimum atomic E-state index is 0.665. The fraction of sp³-hybridized carbons (Fsp3) is 0.333. The maximum atomic E-state index is 5.20. The first kappa shape index (κ1) is 14.3. The normalized spacial score (nSPS) is 15.9. The zero-order valence-corrected chi connectivity index (χ0v) is 13.3. The van der Waals surface area contributed by atoms with E-state index >= 15 is 0 Å². The molecule has 8 heteroatoms. The van der Waals surface area contributed by atoms with Gasteiger partial charge in [0.1, 0.15) is 5.69 Å². The lowest BCUT2D eigenvalue weighted by Gasteiger charge is -2.34. The maximum absolute atomic E-state index is 5.20. The van der Waals surface area contributed by atoms with Crippen molar-refractivity contribution >= 4 is 17.2 Å². The van der Waals surface area contributed by atoms with Crippen molar-refractivity contribution in [2.45, 2.75) is 6.54 Å². The van der Waals surface area contributed by atoms with Crippen LogP contribution in [0.2, 0.25) is 0 Å². The van der Waals surface area contributed by atoms with Crippen LogP contribution in [0.5, 0.6) is 0 Å². The van der Waals surface area contributed by atoms with Gasteiger partial charge in [-0.15, -0.1) is 31.7 Å². The van der Waals surface area contributed by atoms with Gasteiger partial charge < -0.3 is 9.32 Å². The highest BCUT2D eigenvalue weighted by Crippen LogP contribution is 2.23. The molecule has 23 heavy (non-hydrogen) atoms. The number of aromatic nitrogens is 4. The van der Waals surface area contributed by atoms with Crippen molar-refractivity contribution in [2.24, 2.45) is 0 Å². The van der Waals surface area contributed by atoms with Crippen LogP contribution < -0.4 is 4.90 Å². The summed E-state index contributed by atoms with van der Waals surface area (Å²) in [6.45, 7) is 4.42. The Hall–Kier alpha value is -2.32. The van der Waals surface area contributed by atoms with Gasteiger partial charge in [0.05, 0.1) is 11.4 Å². The monoisotopic (exact) mass is 328 g/mol. The van der Waals surface area contributed by atoms with Gasteiger partial charge in [-0.05, 0) is 23.6 Å². The zero-order chi connectivity index (χ0) is 15.5. The molecule has 4 heterocycles. The van der Waals surface area contributed by atoms with Crippen LogP contribution >= 0.6 is 11.3 Å². The van der Waals surface area contributed by atoms with Crippen molar-refractivity contribution < 1.29 is 4.42 Å². The van der Waals surface area contributed by atoms with Gasteiger partial charge in [0.25, 0.3) is 0 Å². The summed E-state index contributed by atoms with van der Waals surface area (Å²) in [5, 5.41) is 18.4. The molecule has 0 atom stereocenters. The smallest absolute Gasteiger partial charge is 0.230 e. The number of piperazine rings is 1. The summed E-state index contributed by atoms with van der Waals surface area (Å²) in [4.78, 5) is 5.71. The highest BCUT2D eigenvalue weighted by Gasteiger charge is 2.19. The van der Waals surface area contributed by atoms with Crippen LogP contribution in [0.25, 0.3) is 10.6 Å². The van der Waals surface area contributed by atoms with E-state index in [1.165, 1.54) is 6.39 Å². The maximum Gasteiger partial charge on any atom is 0.230 e. The molecule has 0 saturated carbocycles. The molecule has 0 unspecified atom stereocenters. The molecule has 1 fully saturated rings. The Kier molecular flexibility index (Phi) is 3.99. The molecular weight excluding hydrogens is 312 g/mol. The predicted octanol–water partition coefficient (Wildman–Crippen LogP) is 1.91. The van der Waals surface area contributed by atoms with E-state index in [9.17, 15) is 0 Å². The molecule has 3 aromatic heterocycles. The number of anilines is 1. The molecular formula is C15H16N6OS. The van der Waals surface area contributed by atoms with Gasteiger partial charge in [0, 0.05) is 26.2 Å². The summed E-state index contributed by atoms with van der Waals surface area (Å²) in [5.74, 6) is 1.60. The Morgan fingerprint density at radius 1 is 1.04 bits per heavy atom. The van der Waals surface area contributed by atoms with Gasteiger partial charge in [-0.25, -0.2) is 0 Å². The van der Waals surface area contributed by atoms with Gasteiger partial charge in [0.15, 0.2) is 5.82 Å². The summed E-state index contributed by atoms with van der Waals surface area (Å²) in [5.41, 5.74) is 0.929. The lowest BCUT2D eigenvalue weighted by Crippen LogP contribution is -2.46. The zero-order valence-electron chi connectivity index (χ0n) is 12.5. The fourth-order valence-electron chi connectivity index (χ4n) is 2.64. The summed E-state index contributed by atoms with van der Waals surface area (Å²) >= 11 is 1.68. The predicted molar refractivity (Wildman–Crippen MR) is 87.1 cm³/mol. The number of hydrogen-bond donors (Lipinski definition) is 0. The number of rotatable bonds is 4. The molecule has 1 saturated heterocycles. The van der Waals surface area contributed by atoms with Crippen molar-refractivity contribution in [1.82, 2.24) is 25.3 Å². The molecule has 0 bridgehead atoms. The van der Waals surface area contributed by atoms with Crippen LogP contribution in [0.15, 0.2) is 40.5 Å². The van der Waals surface area contributed by atoms with Gasteiger partial charge in [0.2, 0.25) is 12.3 Å². The summed E-state index contributed by atoms with van der Waals surface area (Å²) in [7, 11) is 0. The van der Waals surface area contributed by atoms with E-state index in [0.29, 0.717) is 12.4 Å². The summed E-state index contributed by atoms with van der Waals surface area (Å²) < 4.78 is 5.20. The van der Waals surface area contributed by atoms with Crippen molar-refractivity contribution in [3.8, 4) is 10.6 Å². The minimum Gasteiger partial charge on any atom is -0.427 e. The summed E-state index contributed by atoms with van der Waals surface area (Å²) in [6, 6.07) is 8.18. The Morgan fingerprint density at radius 2 is 1.96 bits per heavy atom. The van der Waals surface area contributed by atoms with E-state index in [1.54, 1.807) is 11.3 Å². The van der Waals surface area contributed by atoms with Gasteiger partial charge >= 0.3 is 0 Å². The van der Waals surface area contributed by atoms with E-state index in [2.05, 4.69) is 42.3 Å². The number of thiophene rings is 1. The second kappa shape index (κ2) is 6.43. The second-order valence-electron chi connectivity index (χ2n) is 5.35. The first-order valence-electron chi connectivity index (χ1n) is 7.48. The molecule has 4 rings (SSSR count). The van der Waals surface area contributed by atoms with Crippen LogP contribution in [-0.2, 0) is 6.54 Å². The van der Waals surface area contributed by atoms with E-state index < -0.39 is 0 Å². The van der Waals surface area contributed by atoms with E-state index in [0.717, 1.165) is 42.6 Å². The topological polar surface area (TPSA) is 71.2 Å². The van der Waals surface area contributed by atoms with Crippen LogP contribution in [0.1, 0.15) is 5.89 Å². The highest BCUT2D eigenvalue weighted by atomic mass is 32.1. The van der Waals surface area contributed by atoms with Gasteiger partial charge in [-0.3, -0.25) is 4.90 Å². The number of hydrogen-bond acceptors (Lipinski definition) is 8. The Labute approximate surface area is 137 Å². The fourth-order valence-corrected chi connectivity index (χ4v) is 3.33. The van der Waals surface area contributed by atoms with E-state index in [-0.39, 0.29) is 0 Å². The quantitative estimate of drug-likeness (QED) is 0.724. The standard InChI is InChI=1S/C15H16N6OS/c1-2-13(23-9-1)12-3-4-14(18-17-12)21-7-5-20(6-8-21)10-15-19-16-11-22-15/h1-4,9,11H,5-8,10H2. The average Bonchev–Trinajstić information content (AvgIpc) is 3.30. The molecule has 7 nitrogen and oxygen atoms in total. The first-order valence-corrected chi connectivity index (χ1v) is 8.36.